The maximum atomic E-state index is 13.4. The van der Waals surface area contributed by atoms with E-state index in [9.17, 15) is 14.3 Å². The topological polar surface area (TPSA) is 57.5 Å². The Balaban J connectivity index is 1.94. The van der Waals surface area contributed by atoms with Crippen molar-refractivity contribution < 1.29 is 19.4 Å². The van der Waals surface area contributed by atoms with Gasteiger partial charge in [0.2, 0.25) is 0 Å². The number of benzene rings is 3. The molecular formula is C18H13FO3. The van der Waals surface area contributed by atoms with Gasteiger partial charge in [0.25, 0.3) is 0 Å². The molecule has 4 heteroatoms. The lowest BCUT2D eigenvalue weighted by Gasteiger charge is -2.06. The first-order valence-corrected chi connectivity index (χ1v) is 6.76. The molecule has 0 atom stereocenters. The summed E-state index contributed by atoms with van der Waals surface area (Å²) < 4.78 is 13.4. The van der Waals surface area contributed by atoms with Gasteiger partial charge in [0, 0.05) is 0 Å². The van der Waals surface area contributed by atoms with Crippen LogP contribution in [0.2, 0.25) is 0 Å². The average molecular weight is 296 g/mol. The van der Waals surface area contributed by atoms with Crippen LogP contribution in [0.3, 0.4) is 0 Å². The Morgan fingerprint density at radius 3 is 2.32 bits per heavy atom. The quantitative estimate of drug-likeness (QED) is 0.768. The molecule has 0 heterocycles. The Morgan fingerprint density at radius 2 is 1.55 bits per heavy atom. The number of fused-ring (bicyclic) bond motifs is 1. The van der Waals surface area contributed by atoms with Gasteiger partial charge in [-0.3, -0.25) is 0 Å². The molecule has 0 radical (unpaired) electrons. The molecule has 22 heavy (non-hydrogen) atoms. The van der Waals surface area contributed by atoms with E-state index >= 15 is 0 Å². The zero-order valence-corrected chi connectivity index (χ0v) is 11.6. The number of halogens is 1. The van der Waals surface area contributed by atoms with E-state index in [1.165, 1.54) is 12.1 Å². The number of aromatic hydroxyl groups is 1. The molecule has 0 bridgehead atoms. The van der Waals surface area contributed by atoms with Crippen molar-refractivity contribution in [3.8, 4) is 5.75 Å². The van der Waals surface area contributed by atoms with E-state index in [0.29, 0.717) is 6.42 Å². The molecule has 0 saturated heterocycles. The summed E-state index contributed by atoms with van der Waals surface area (Å²) in [5.74, 6) is -1.79. The van der Waals surface area contributed by atoms with E-state index in [0.717, 1.165) is 21.9 Å². The van der Waals surface area contributed by atoms with Gasteiger partial charge in [-0.2, -0.15) is 0 Å². The van der Waals surface area contributed by atoms with Crippen LogP contribution in [0.25, 0.3) is 10.8 Å². The largest absolute Gasteiger partial charge is 0.508 e. The maximum absolute atomic E-state index is 13.4. The Kier molecular flexibility index (Phi) is 3.51. The van der Waals surface area contributed by atoms with Crippen LogP contribution in [0.15, 0.2) is 54.6 Å². The standard InChI is InChI=1S/C18H13FO3/c19-17-6-2-12(9-16(17)18(21)22)7-11-1-3-14-10-15(20)5-4-13(14)8-11/h1-6,8-10,20H,7H2,(H,21,22). The second kappa shape index (κ2) is 5.48. The summed E-state index contributed by atoms with van der Waals surface area (Å²) in [4.78, 5) is 11.0. The van der Waals surface area contributed by atoms with Crippen molar-refractivity contribution in [3.05, 3.63) is 77.1 Å². The van der Waals surface area contributed by atoms with Crippen molar-refractivity contribution in [3.63, 3.8) is 0 Å². The molecule has 3 rings (SSSR count). The number of carboxylic acid groups (broad SMARTS) is 1. The lowest BCUT2D eigenvalue weighted by molar-refractivity contribution is 0.0691. The highest BCUT2D eigenvalue weighted by Gasteiger charge is 2.11. The molecule has 0 aromatic heterocycles. The minimum absolute atomic E-state index is 0.213. The molecule has 0 saturated carbocycles. The van der Waals surface area contributed by atoms with Crippen LogP contribution >= 0.6 is 0 Å². The number of carbonyl (C=O) groups is 1. The van der Waals surface area contributed by atoms with Gasteiger partial charge in [0.05, 0.1) is 5.56 Å². The Hall–Kier alpha value is -2.88. The third-order valence-corrected chi connectivity index (χ3v) is 3.56. The normalized spacial score (nSPS) is 10.8. The molecular weight excluding hydrogens is 283 g/mol. The van der Waals surface area contributed by atoms with Crippen LogP contribution in [0.4, 0.5) is 4.39 Å². The Morgan fingerprint density at radius 1 is 0.909 bits per heavy atom. The summed E-state index contributed by atoms with van der Waals surface area (Å²) in [5.41, 5.74) is 1.40. The molecule has 3 aromatic rings. The van der Waals surface area contributed by atoms with Crippen LogP contribution in [0.1, 0.15) is 21.5 Å². The van der Waals surface area contributed by atoms with E-state index in [4.69, 9.17) is 5.11 Å². The van der Waals surface area contributed by atoms with Crippen molar-refractivity contribution in [2.24, 2.45) is 0 Å². The lowest BCUT2D eigenvalue weighted by Crippen LogP contribution is -2.02. The summed E-state index contributed by atoms with van der Waals surface area (Å²) in [6.07, 6.45) is 0.511. The van der Waals surface area contributed by atoms with Gasteiger partial charge in [0.15, 0.2) is 0 Å². The van der Waals surface area contributed by atoms with Crippen molar-refractivity contribution in [1.82, 2.24) is 0 Å². The number of hydrogen-bond donors (Lipinski definition) is 2. The van der Waals surface area contributed by atoms with Crippen molar-refractivity contribution in [1.29, 1.82) is 0 Å². The number of hydrogen-bond acceptors (Lipinski definition) is 2. The van der Waals surface area contributed by atoms with Crippen molar-refractivity contribution in [2.45, 2.75) is 6.42 Å². The minimum Gasteiger partial charge on any atom is -0.508 e. The zero-order chi connectivity index (χ0) is 15.7. The fourth-order valence-corrected chi connectivity index (χ4v) is 2.47. The fourth-order valence-electron chi connectivity index (χ4n) is 2.47. The highest BCUT2D eigenvalue weighted by atomic mass is 19.1. The van der Waals surface area contributed by atoms with Crippen LogP contribution in [-0.2, 0) is 6.42 Å². The van der Waals surface area contributed by atoms with E-state index in [-0.39, 0.29) is 11.3 Å². The van der Waals surface area contributed by atoms with Crippen LogP contribution < -0.4 is 0 Å². The SMILES string of the molecule is O=C(O)c1cc(Cc2ccc3cc(O)ccc3c2)ccc1F. The molecule has 0 spiro atoms. The second-order valence-corrected chi connectivity index (χ2v) is 5.16. The monoisotopic (exact) mass is 296 g/mol. The third kappa shape index (κ3) is 2.76. The highest BCUT2D eigenvalue weighted by molar-refractivity contribution is 5.88. The van der Waals surface area contributed by atoms with Gasteiger partial charge in [-0.15, -0.1) is 0 Å². The number of phenolic OH excluding ortho intramolecular Hbond substituents is 1. The van der Waals surface area contributed by atoms with Crippen LogP contribution in [0, 0.1) is 5.82 Å². The third-order valence-electron chi connectivity index (χ3n) is 3.56. The van der Waals surface area contributed by atoms with Gasteiger partial charge in [-0.1, -0.05) is 30.3 Å². The minimum atomic E-state index is -1.27. The summed E-state index contributed by atoms with van der Waals surface area (Å²) >= 11 is 0. The number of aromatic carboxylic acids is 1. The number of phenols is 1. The molecule has 0 aliphatic carbocycles. The first kappa shape index (κ1) is 14.1. The fraction of sp³-hybridized carbons (Fsp3) is 0.0556. The lowest BCUT2D eigenvalue weighted by atomic mass is 9.99. The predicted molar refractivity (Wildman–Crippen MR) is 81.8 cm³/mol. The maximum Gasteiger partial charge on any atom is 0.338 e. The first-order chi connectivity index (χ1) is 10.5. The Bertz CT molecular complexity index is 871. The number of carboxylic acids is 1. The highest BCUT2D eigenvalue weighted by Crippen LogP contribution is 2.23. The van der Waals surface area contributed by atoms with Gasteiger partial charge in [-0.05, 0) is 52.6 Å². The van der Waals surface area contributed by atoms with Crippen molar-refractivity contribution in [2.75, 3.05) is 0 Å². The summed E-state index contributed by atoms with van der Waals surface area (Å²) in [6, 6.07) is 15.0. The van der Waals surface area contributed by atoms with Gasteiger partial charge in [0.1, 0.15) is 11.6 Å². The molecule has 0 fully saturated rings. The number of rotatable bonds is 3. The molecule has 3 nitrogen and oxygen atoms in total. The summed E-state index contributed by atoms with van der Waals surface area (Å²) in [7, 11) is 0. The van der Waals surface area contributed by atoms with Crippen LogP contribution in [0.5, 0.6) is 5.75 Å². The summed E-state index contributed by atoms with van der Waals surface area (Å²) in [6.45, 7) is 0. The van der Waals surface area contributed by atoms with E-state index in [1.54, 1.807) is 18.2 Å². The Labute approximate surface area is 126 Å². The molecule has 0 amide bonds. The van der Waals surface area contributed by atoms with Gasteiger partial charge < -0.3 is 10.2 Å². The summed E-state index contributed by atoms with van der Waals surface area (Å²) in [5, 5.41) is 20.3. The molecule has 110 valence electrons. The van der Waals surface area contributed by atoms with Gasteiger partial charge >= 0.3 is 5.97 Å². The molecule has 0 aliphatic rings. The van der Waals surface area contributed by atoms with E-state index in [1.807, 2.05) is 24.3 Å². The smallest absolute Gasteiger partial charge is 0.338 e. The molecule has 2 N–H and O–H groups in total. The predicted octanol–water partition coefficient (Wildman–Crippen LogP) is 3.97. The van der Waals surface area contributed by atoms with E-state index < -0.39 is 11.8 Å². The first-order valence-electron chi connectivity index (χ1n) is 6.76. The second-order valence-electron chi connectivity index (χ2n) is 5.16. The van der Waals surface area contributed by atoms with Crippen LogP contribution in [-0.4, -0.2) is 16.2 Å². The molecule has 0 aliphatic heterocycles. The average Bonchev–Trinajstić information content (AvgIpc) is 2.49. The van der Waals surface area contributed by atoms with E-state index in [2.05, 4.69) is 0 Å². The molecule has 3 aromatic carbocycles. The zero-order valence-electron chi connectivity index (χ0n) is 11.6. The molecule has 0 unspecified atom stereocenters. The van der Waals surface area contributed by atoms with Crippen molar-refractivity contribution >= 4 is 16.7 Å². The van der Waals surface area contributed by atoms with Gasteiger partial charge in [-0.25, -0.2) is 9.18 Å².